The summed E-state index contributed by atoms with van der Waals surface area (Å²) in [5.74, 6) is 1.36. The van der Waals surface area contributed by atoms with E-state index in [9.17, 15) is 13.2 Å². The second kappa shape index (κ2) is 7.19. The van der Waals surface area contributed by atoms with E-state index in [0.29, 0.717) is 23.3 Å². The number of alkyl halides is 3. The van der Waals surface area contributed by atoms with Crippen LogP contribution in [0.15, 0.2) is 53.2 Å². The number of hydrogen-bond donors (Lipinski definition) is 1. The van der Waals surface area contributed by atoms with Gasteiger partial charge in [0.05, 0.1) is 5.56 Å². The molecule has 0 amide bonds. The molecule has 30 heavy (non-hydrogen) atoms. The van der Waals surface area contributed by atoms with Gasteiger partial charge in [0.2, 0.25) is 0 Å². The highest BCUT2D eigenvalue weighted by Crippen LogP contribution is 2.45. The summed E-state index contributed by atoms with van der Waals surface area (Å²) in [6.45, 7) is 0.769. The highest BCUT2D eigenvalue weighted by atomic mass is 19.4. The number of rotatable bonds is 6. The van der Waals surface area contributed by atoms with Crippen molar-refractivity contribution >= 4 is 0 Å². The molecule has 5 nitrogen and oxygen atoms in total. The van der Waals surface area contributed by atoms with Crippen LogP contribution in [0.5, 0.6) is 0 Å². The fraction of sp³-hybridized carbons (Fsp3) is 0.409. The third-order valence-electron chi connectivity index (χ3n) is 6.23. The normalized spacial score (nSPS) is 22.5. The van der Waals surface area contributed by atoms with Gasteiger partial charge in [-0.05, 0) is 37.0 Å². The minimum Gasteiger partial charge on any atom is -0.334 e. The summed E-state index contributed by atoms with van der Waals surface area (Å²) in [5, 5.41) is 7.82. The second-order valence-electron chi connectivity index (χ2n) is 8.23. The molecule has 8 heteroatoms. The first-order valence-corrected chi connectivity index (χ1v) is 10.1. The van der Waals surface area contributed by atoms with Gasteiger partial charge in [0, 0.05) is 30.1 Å². The van der Waals surface area contributed by atoms with Gasteiger partial charge in [-0.25, -0.2) is 0 Å². The lowest BCUT2D eigenvalue weighted by molar-refractivity contribution is -0.141. The molecule has 1 unspecified atom stereocenters. The Kier molecular flexibility index (Phi) is 4.61. The lowest BCUT2D eigenvalue weighted by atomic mass is 9.68. The van der Waals surface area contributed by atoms with Crippen molar-refractivity contribution in [1.29, 1.82) is 0 Å². The lowest BCUT2D eigenvalue weighted by Crippen LogP contribution is -2.45. The fourth-order valence-corrected chi connectivity index (χ4v) is 4.14. The zero-order valence-electron chi connectivity index (χ0n) is 16.2. The monoisotopic (exact) mass is 414 g/mol. The third kappa shape index (κ3) is 3.60. The first-order valence-electron chi connectivity index (χ1n) is 10.1. The smallest absolute Gasteiger partial charge is 0.334 e. The molecule has 2 aliphatic carbocycles. The van der Waals surface area contributed by atoms with Crippen LogP contribution in [0.4, 0.5) is 13.2 Å². The van der Waals surface area contributed by atoms with Crippen molar-refractivity contribution < 1.29 is 17.7 Å². The van der Waals surface area contributed by atoms with Crippen molar-refractivity contribution in [3.63, 3.8) is 0 Å². The van der Waals surface area contributed by atoms with E-state index in [-0.39, 0.29) is 11.3 Å². The van der Waals surface area contributed by atoms with Crippen LogP contribution in [0, 0.1) is 0 Å². The molecule has 1 aromatic carbocycles. The Morgan fingerprint density at radius 2 is 1.90 bits per heavy atom. The molecule has 0 spiro atoms. The number of aromatic nitrogens is 3. The summed E-state index contributed by atoms with van der Waals surface area (Å²) in [5.41, 5.74) is 0.623. The van der Waals surface area contributed by atoms with Gasteiger partial charge in [0.15, 0.2) is 5.82 Å². The van der Waals surface area contributed by atoms with Crippen molar-refractivity contribution in [3.05, 3.63) is 65.7 Å². The topological polar surface area (TPSA) is 63.8 Å². The molecule has 2 fully saturated rings. The molecule has 5 rings (SSSR count). The SMILES string of the molecule is FC(F)(F)c1ccc(-c2nc(C3(CN[C@H]4CC4c4ccccc4)CCC3)no2)cn1. The van der Waals surface area contributed by atoms with Crippen molar-refractivity contribution in [3.8, 4) is 11.5 Å². The van der Waals surface area contributed by atoms with E-state index in [1.807, 2.05) is 6.07 Å². The zero-order chi connectivity index (χ0) is 20.8. The second-order valence-corrected chi connectivity index (χ2v) is 8.23. The summed E-state index contributed by atoms with van der Waals surface area (Å²) < 4.78 is 43.5. The van der Waals surface area contributed by atoms with E-state index in [1.165, 1.54) is 11.6 Å². The van der Waals surface area contributed by atoms with Gasteiger partial charge in [0.1, 0.15) is 5.69 Å². The molecule has 2 aliphatic rings. The van der Waals surface area contributed by atoms with E-state index in [4.69, 9.17) is 4.52 Å². The summed E-state index contributed by atoms with van der Waals surface area (Å²) in [7, 11) is 0. The molecule has 0 saturated heterocycles. The molecule has 2 atom stereocenters. The van der Waals surface area contributed by atoms with Crippen LogP contribution in [-0.2, 0) is 11.6 Å². The van der Waals surface area contributed by atoms with Gasteiger partial charge in [-0.15, -0.1) is 0 Å². The number of hydrogen-bond acceptors (Lipinski definition) is 5. The van der Waals surface area contributed by atoms with E-state index >= 15 is 0 Å². The maximum Gasteiger partial charge on any atom is 0.433 e. The van der Waals surface area contributed by atoms with Gasteiger partial charge in [-0.1, -0.05) is 41.9 Å². The van der Waals surface area contributed by atoms with Crippen molar-refractivity contribution in [1.82, 2.24) is 20.4 Å². The molecule has 2 heterocycles. The Morgan fingerprint density at radius 1 is 1.10 bits per heavy atom. The number of nitrogens with one attached hydrogen (secondary N) is 1. The zero-order valence-corrected chi connectivity index (χ0v) is 16.2. The van der Waals surface area contributed by atoms with Crippen LogP contribution in [0.1, 0.15) is 48.7 Å². The average molecular weight is 414 g/mol. The molecule has 0 aliphatic heterocycles. The molecule has 0 radical (unpaired) electrons. The quantitative estimate of drug-likeness (QED) is 0.633. The minimum atomic E-state index is -4.47. The lowest BCUT2D eigenvalue weighted by Gasteiger charge is -2.39. The van der Waals surface area contributed by atoms with E-state index in [1.54, 1.807) is 0 Å². The summed E-state index contributed by atoms with van der Waals surface area (Å²) in [6.07, 6.45) is 0.802. The molecule has 0 bridgehead atoms. The molecule has 2 saturated carbocycles. The van der Waals surface area contributed by atoms with Crippen LogP contribution in [-0.4, -0.2) is 27.7 Å². The van der Waals surface area contributed by atoms with Crippen molar-refractivity contribution in [2.75, 3.05) is 6.54 Å². The van der Waals surface area contributed by atoms with E-state index in [0.717, 1.165) is 44.5 Å². The Bertz CT molecular complexity index is 1010. The van der Waals surface area contributed by atoms with Crippen LogP contribution >= 0.6 is 0 Å². The fourth-order valence-electron chi connectivity index (χ4n) is 4.14. The van der Waals surface area contributed by atoms with Gasteiger partial charge in [0.25, 0.3) is 5.89 Å². The van der Waals surface area contributed by atoms with Gasteiger partial charge in [-0.2, -0.15) is 18.2 Å². The maximum absolute atomic E-state index is 12.7. The first-order chi connectivity index (χ1) is 14.4. The Labute approximate surface area is 171 Å². The van der Waals surface area contributed by atoms with Gasteiger partial charge < -0.3 is 9.84 Å². The highest BCUT2D eigenvalue weighted by Gasteiger charge is 2.46. The standard InChI is InChI=1S/C22H21F3N4O/c23-22(24,25)18-8-7-15(12-26-18)19-28-20(29-30-19)21(9-4-10-21)13-27-17-11-16(17)14-5-2-1-3-6-14/h1-3,5-8,12,16-17,27H,4,9-11,13H2/t16?,17-/m0/s1. The Balaban J connectivity index is 1.26. The van der Waals surface area contributed by atoms with E-state index < -0.39 is 11.9 Å². The number of nitrogens with zero attached hydrogens (tertiary/aromatic N) is 3. The summed E-state index contributed by atoms with van der Waals surface area (Å²) in [4.78, 5) is 7.97. The van der Waals surface area contributed by atoms with Gasteiger partial charge in [-0.3, -0.25) is 4.98 Å². The molecular formula is C22H21F3N4O. The maximum atomic E-state index is 12.7. The van der Waals surface area contributed by atoms with Crippen LogP contribution in [0.25, 0.3) is 11.5 Å². The van der Waals surface area contributed by atoms with Crippen molar-refractivity contribution in [2.45, 2.75) is 49.2 Å². The molecule has 1 N–H and O–H groups in total. The average Bonchev–Trinajstić information content (AvgIpc) is 3.33. The molecule has 156 valence electrons. The van der Waals surface area contributed by atoms with E-state index in [2.05, 4.69) is 44.7 Å². The number of benzene rings is 1. The Hall–Kier alpha value is -2.74. The molecule has 2 aromatic heterocycles. The van der Waals surface area contributed by atoms with Crippen LogP contribution in [0.2, 0.25) is 0 Å². The minimum absolute atomic E-state index is 0.176. The number of pyridine rings is 1. The third-order valence-corrected chi connectivity index (χ3v) is 6.23. The van der Waals surface area contributed by atoms with Crippen molar-refractivity contribution in [2.24, 2.45) is 0 Å². The van der Waals surface area contributed by atoms with Crippen LogP contribution < -0.4 is 5.32 Å². The van der Waals surface area contributed by atoms with Crippen LogP contribution in [0.3, 0.4) is 0 Å². The first kappa shape index (κ1) is 19.2. The number of halogens is 3. The largest absolute Gasteiger partial charge is 0.433 e. The predicted octanol–water partition coefficient (Wildman–Crippen LogP) is 4.72. The summed E-state index contributed by atoms with van der Waals surface area (Å²) in [6, 6.07) is 13.2. The Morgan fingerprint density at radius 3 is 2.53 bits per heavy atom. The highest BCUT2D eigenvalue weighted by molar-refractivity contribution is 5.51. The summed E-state index contributed by atoms with van der Waals surface area (Å²) >= 11 is 0. The molecule has 3 aromatic rings. The predicted molar refractivity (Wildman–Crippen MR) is 104 cm³/mol. The van der Waals surface area contributed by atoms with Gasteiger partial charge >= 0.3 is 6.18 Å². The molecular weight excluding hydrogens is 393 g/mol.